The summed E-state index contributed by atoms with van der Waals surface area (Å²) in [5.41, 5.74) is 0. The molecule has 6 heteroatoms. The number of unbranched alkanes of at least 4 members (excludes halogenated alkanes) is 33. The van der Waals surface area contributed by atoms with Gasteiger partial charge < -0.3 is 14.2 Å². The first-order valence-corrected chi connectivity index (χ1v) is 32.1. The second kappa shape index (κ2) is 63.1. The summed E-state index contributed by atoms with van der Waals surface area (Å²) in [5, 5.41) is 0. The number of hydrogen-bond acceptors (Lipinski definition) is 6. The summed E-state index contributed by atoms with van der Waals surface area (Å²) >= 11 is 0. The van der Waals surface area contributed by atoms with Crippen LogP contribution in [0.25, 0.3) is 0 Å². The SMILES string of the molecule is CC/C=C\C/C=C\C/C=C\C/C=C\C/C=C\CCCC(=O)O[C@@H](COC(=O)CCCCCCCCCCC/C=C\CCCCCCCC)COC(=O)CCCCCCCCCCCCC/C=C\CCCCCCCC. The van der Waals surface area contributed by atoms with Crippen molar-refractivity contribution in [2.24, 2.45) is 0 Å². The molecule has 0 saturated carbocycles. The molecule has 0 aromatic rings. The van der Waals surface area contributed by atoms with Gasteiger partial charge in [0.1, 0.15) is 13.2 Å². The van der Waals surface area contributed by atoms with Crippen molar-refractivity contribution in [2.45, 2.75) is 322 Å². The number of ether oxygens (including phenoxy) is 3. The first kappa shape index (κ1) is 71.6. The van der Waals surface area contributed by atoms with Crippen molar-refractivity contribution in [1.82, 2.24) is 0 Å². The van der Waals surface area contributed by atoms with Crippen LogP contribution in [0.3, 0.4) is 0 Å². The average Bonchev–Trinajstić information content (AvgIpc) is 3.41. The zero-order valence-corrected chi connectivity index (χ0v) is 49.6. The third-order valence-corrected chi connectivity index (χ3v) is 13.9. The Bertz CT molecular complexity index is 1430. The van der Waals surface area contributed by atoms with Crippen LogP contribution in [0.4, 0.5) is 0 Å². The lowest BCUT2D eigenvalue weighted by molar-refractivity contribution is -0.167. The fourth-order valence-electron chi connectivity index (χ4n) is 9.06. The molecule has 432 valence electrons. The van der Waals surface area contributed by atoms with E-state index in [2.05, 4.69) is 106 Å². The summed E-state index contributed by atoms with van der Waals surface area (Å²) in [7, 11) is 0. The summed E-state index contributed by atoms with van der Waals surface area (Å²) in [5.74, 6) is -0.948. The molecule has 1 atom stereocenters. The van der Waals surface area contributed by atoms with E-state index >= 15 is 0 Å². The van der Waals surface area contributed by atoms with Crippen molar-refractivity contribution in [3.63, 3.8) is 0 Å². The fourth-order valence-corrected chi connectivity index (χ4v) is 9.06. The number of esters is 3. The minimum atomic E-state index is -0.809. The van der Waals surface area contributed by atoms with Gasteiger partial charge in [0, 0.05) is 19.3 Å². The lowest BCUT2D eigenvalue weighted by Gasteiger charge is -2.18. The van der Waals surface area contributed by atoms with Gasteiger partial charge in [0.2, 0.25) is 0 Å². The molecule has 0 unspecified atom stereocenters. The molecule has 0 aromatic carbocycles. The standard InChI is InChI=1S/C69H120O6/c1-4-7-10-13-16-19-22-25-28-31-33-34-36-39-41-44-47-50-53-56-59-62-68(71)74-65-66(75-69(72)63-60-57-54-51-48-45-42-37-30-27-24-21-18-15-12-9-6-3)64-73-67(70)61-58-55-52-49-46-43-40-38-35-32-29-26-23-20-17-14-11-8-5-2/h9,12,18,21,25-30,42,45,51,54,66H,4-8,10-11,13-17,19-20,22-24,31-41,43-44,46-50,52-53,55-65H2,1-3H3/b12-9-,21-18-,28-25-,29-26-,30-27-,45-42-,54-51-/t66-/m0/s1. The Hall–Kier alpha value is -3.41. The Balaban J connectivity index is 4.42. The maximum atomic E-state index is 12.9. The van der Waals surface area contributed by atoms with Crippen LogP contribution >= 0.6 is 0 Å². The molecule has 0 aromatic heterocycles. The molecule has 0 spiro atoms. The van der Waals surface area contributed by atoms with Crippen molar-refractivity contribution >= 4 is 17.9 Å². The van der Waals surface area contributed by atoms with Gasteiger partial charge in [-0.1, -0.05) is 273 Å². The van der Waals surface area contributed by atoms with Crippen molar-refractivity contribution in [3.8, 4) is 0 Å². The predicted octanol–water partition coefficient (Wildman–Crippen LogP) is 21.9. The molecule has 0 radical (unpaired) electrons. The molecule has 0 amide bonds. The normalized spacial score (nSPS) is 12.6. The highest BCUT2D eigenvalue weighted by molar-refractivity contribution is 5.71. The lowest BCUT2D eigenvalue weighted by atomic mass is 10.0. The summed E-state index contributed by atoms with van der Waals surface area (Å²) in [4.78, 5) is 38.3. The quantitative estimate of drug-likeness (QED) is 0.0261. The lowest BCUT2D eigenvalue weighted by Crippen LogP contribution is -2.30. The van der Waals surface area contributed by atoms with Gasteiger partial charge in [0.15, 0.2) is 6.10 Å². The van der Waals surface area contributed by atoms with Gasteiger partial charge in [-0.2, -0.15) is 0 Å². The van der Waals surface area contributed by atoms with Crippen LogP contribution in [0.15, 0.2) is 85.1 Å². The number of rotatable bonds is 58. The van der Waals surface area contributed by atoms with Crippen LogP contribution in [0.2, 0.25) is 0 Å². The highest BCUT2D eigenvalue weighted by atomic mass is 16.6. The molecular weight excluding hydrogens is 925 g/mol. The number of carbonyl (C=O) groups is 3. The smallest absolute Gasteiger partial charge is 0.306 e. The maximum absolute atomic E-state index is 12.9. The van der Waals surface area contributed by atoms with Crippen molar-refractivity contribution in [1.29, 1.82) is 0 Å². The number of hydrogen-bond donors (Lipinski definition) is 0. The molecule has 0 saturated heterocycles. The molecule has 0 N–H and O–H groups in total. The molecule has 6 nitrogen and oxygen atoms in total. The van der Waals surface area contributed by atoms with Crippen LogP contribution in [0.5, 0.6) is 0 Å². The molecule has 0 aliphatic rings. The van der Waals surface area contributed by atoms with Gasteiger partial charge in [-0.05, 0) is 109 Å². The molecule has 0 bridgehead atoms. The summed E-state index contributed by atoms with van der Waals surface area (Å²) in [6.07, 6.45) is 83.1. The van der Waals surface area contributed by atoms with E-state index in [1.54, 1.807) is 0 Å². The third-order valence-electron chi connectivity index (χ3n) is 13.9. The number of allylic oxidation sites excluding steroid dienone is 14. The monoisotopic (exact) mass is 1040 g/mol. The van der Waals surface area contributed by atoms with Crippen LogP contribution in [-0.4, -0.2) is 37.2 Å². The minimum absolute atomic E-state index is 0.0987. The zero-order chi connectivity index (χ0) is 54.3. The van der Waals surface area contributed by atoms with Crippen molar-refractivity contribution in [3.05, 3.63) is 85.1 Å². The second-order valence-corrected chi connectivity index (χ2v) is 21.3. The Morgan fingerprint density at radius 2 is 0.533 bits per heavy atom. The van der Waals surface area contributed by atoms with E-state index in [0.29, 0.717) is 19.3 Å². The van der Waals surface area contributed by atoms with Crippen LogP contribution in [-0.2, 0) is 28.6 Å². The van der Waals surface area contributed by atoms with E-state index in [4.69, 9.17) is 14.2 Å². The Morgan fingerprint density at radius 3 is 0.867 bits per heavy atom. The minimum Gasteiger partial charge on any atom is -0.462 e. The van der Waals surface area contributed by atoms with Gasteiger partial charge in [0.05, 0.1) is 0 Å². The van der Waals surface area contributed by atoms with Gasteiger partial charge in [0.25, 0.3) is 0 Å². The second-order valence-electron chi connectivity index (χ2n) is 21.3. The number of carbonyl (C=O) groups excluding carboxylic acids is 3. The Kier molecular flexibility index (Phi) is 60.3. The molecule has 0 aliphatic carbocycles. The van der Waals surface area contributed by atoms with Crippen LogP contribution < -0.4 is 0 Å². The predicted molar refractivity (Wildman–Crippen MR) is 325 cm³/mol. The fraction of sp³-hybridized carbons (Fsp3) is 0.754. The molecule has 0 aliphatic heterocycles. The van der Waals surface area contributed by atoms with Crippen LogP contribution in [0.1, 0.15) is 316 Å². The first-order valence-electron chi connectivity index (χ1n) is 32.1. The summed E-state index contributed by atoms with van der Waals surface area (Å²) in [6, 6.07) is 0. The molecule has 0 rings (SSSR count). The maximum Gasteiger partial charge on any atom is 0.306 e. The molecule has 0 heterocycles. The van der Waals surface area contributed by atoms with E-state index < -0.39 is 6.10 Å². The van der Waals surface area contributed by atoms with E-state index in [1.807, 2.05) is 0 Å². The largest absolute Gasteiger partial charge is 0.462 e. The molecular formula is C69H120O6. The summed E-state index contributed by atoms with van der Waals surface area (Å²) < 4.78 is 16.9. The Labute approximate surface area is 465 Å². The van der Waals surface area contributed by atoms with Gasteiger partial charge in [-0.25, -0.2) is 0 Å². The molecule has 0 fully saturated rings. The van der Waals surface area contributed by atoms with E-state index in [0.717, 1.165) is 77.0 Å². The van der Waals surface area contributed by atoms with Crippen molar-refractivity contribution < 1.29 is 28.6 Å². The van der Waals surface area contributed by atoms with E-state index in [1.165, 1.54) is 193 Å². The summed E-state index contributed by atoms with van der Waals surface area (Å²) in [6.45, 7) is 6.51. The average molecular weight is 1050 g/mol. The highest BCUT2D eigenvalue weighted by Crippen LogP contribution is 2.16. The third kappa shape index (κ3) is 61.3. The van der Waals surface area contributed by atoms with Gasteiger partial charge in [-0.15, -0.1) is 0 Å². The van der Waals surface area contributed by atoms with Gasteiger partial charge >= 0.3 is 17.9 Å². The topological polar surface area (TPSA) is 78.9 Å². The van der Waals surface area contributed by atoms with Crippen LogP contribution in [0, 0.1) is 0 Å². The highest BCUT2D eigenvalue weighted by Gasteiger charge is 2.19. The zero-order valence-electron chi connectivity index (χ0n) is 49.6. The molecule has 75 heavy (non-hydrogen) atoms. The van der Waals surface area contributed by atoms with Gasteiger partial charge in [-0.3, -0.25) is 14.4 Å². The first-order chi connectivity index (χ1) is 37.0. The van der Waals surface area contributed by atoms with E-state index in [9.17, 15) is 14.4 Å². The van der Waals surface area contributed by atoms with E-state index in [-0.39, 0.29) is 37.5 Å². The Morgan fingerprint density at radius 1 is 0.280 bits per heavy atom. The van der Waals surface area contributed by atoms with Crippen molar-refractivity contribution in [2.75, 3.05) is 13.2 Å².